The first-order chi connectivity index (χ1) is 28.5. The van der Waals surface area contributed by atoms with Crippen molar-refractivity contribution in [2.75, 3.05) is 51.7 Å². The number of carbonyl (C=O) groups excluding carboxylic acids is 6. The van der Waals surface area contributed by atoms with Crippen LogP contribution >= 0.6 is 0 Å². The maximum absolute atomic E-state index is 13.5. The molecule has 4 rings (SSSR count). The predicted octanol–water partition coefficient (Wildman–Crippen LogP) is -0.114. The zero-order chi connectivity index (χ0) is 44.0. The van der Waals surface area contributed by atoms with Crippen LogP contribution in [0.5, 0.6) is 0 Å². The number of nitrogens with zero attached hydrogens (tertiary/aromatic N) is 7. The van der Waals surface area contributed by atoms with E-state index in [9.17, 15) is 38.4 Å². The van der Waals surface area contributed by atoms with E-state index in [1.165, 1.54) is 24.0 Å². The highest BCUT2D eigenvalue weighted by Gasteiger charge is 2.23. The van der Waals surface area contributed by atoms with Crippen molar-refractivity contribution in [3.8, 4) is 12.3 Å². The number of terminal acetylenes is 1. The standard InChI is InChI=1S/C38H45N11O11/c1-7-25-8-10-26(11-9-25)21-59-37(57)44-32-31-33(42-22-41-32)49(23-43-31)19-29(52)47(20-30(53)58-6)14-12-39-27(50)17-46(15-13-40-36(56)60-38(3,4)5)28(51)18-48-16-24(2)34(54)45-35(48)55/h1,8-11,16,22-23H,12-15,17-21H2,2-6H3,(H,39,50)(H,40,56)(H,45,54,55)(H,41,42,44,57). The summed E-state index contributed by atoms with van der Waals surface area (Å²) in [6, 6.07) is 6.87. The maximum atomic E-state index is 13.5. The van der Waals surface area contributed by atoms with Crippen molar-refractivity contribution in [3.63, 3.8) is 0 Å². The predicted molar refractivity (Wildman–Crippen MR) is 212 cm³/mol. The number of hydrogen-bond acceptors (Lipinski definition) is 14. The lowest BCUT2D eigenvalue weighted by Crippen LogP contribution is -2.48. The number of aryl methyl sites for hydroxylation is 1. The van der Waals surface area contributed by atoms with Crippen LogP contribution in [0.2, 0.25) is 0 Å². The number of fused-ring (bicyclic) bond motifs is 1. The largest absolute Gasteiger partial charge is 0.468 e. The van der Waals surface area contributed by atoms with Crippen LogP contribution in [0, 0.1) is 19.3 Å². The number of H-pyrrole nitrogens is 1. The number of imidazole rings is 1. The minimum Gasteiger partial charge on any atom is -0.468 e. The van der Waals surface area contributed by atoms with Gasteiger partial charge in [-0.3, -0.25) is 38.8 Å². The molecule has 4 aromatic rings. The number of carbonyl (C=O) groups is 6. The fraction of sp³-hybridized carbons (Fsp3) is 0.395. The summed E-state index contributed by atoms with van der Waals surface area (Å²) in [6.07, 6.45) is 7.46. The number of aromatic nitrogens is 6. The lowest BCUT2D eigenvalue weighted by Gasteiger charge is -2.25. The number of benzene rings is 1. The molecule has 4 N–H and O–H groups in total. The Morgan fingerprint density at radius 2 is 1.53 bits per heavy atom. The molecule has 3 heterocycles. The molecule has 1 aromatic carbocycles. The van der Waals surface area contributed by atoms with Crippen LogP contribution in [0.15, 0.2) is 52.7 Å². The van der Waals surface area contributed by atoms with E-state index in [2.05, 4.69) is 41.8 Å². The lowest BCUT2D eigenvalue weighted by atomic mass is 10.1. The van der Waals surface area contributed by atoms with Gasteiger partial charge in [0.25, 0.3) is 5.56 Å². The zero-order valence-corrected chi connectivity index (χ0v) is 33.6. The Labute approximate surface area is 342 Å². The number of amides is 5. The van der Waals surface area contributed by atoms with Gasteiger partial charge in [0.1, 0.15) is 38.2 Å². The minimum absolute atomic E-state index is 0.0158. The SMILES string of the molecule is C#Cc1ccc(COC(=O)Nc2ncnc3c2ncn3CC(=O)N(CCNC(=O)CN(CCNC(=O)OC(C)(C)C)C(=O)Cn2cc(C)c(=O)[nH]c2=O)CC(=O)OC)cc1. The van der Waals surface area contributed by atoms with Gasteiger partial charge in [-0.1, -0.05) is 18.1 Å². The molecule has 0 atom stereocenters. The topological polar surface area (TPSA) is 271 Å². The van der Waals surface area contributed by atoms with Crippen LogP contribution in [0.25, 0.3) is 11.2 Å². The summed E-state index contributed by atoms with van der Waals surface area (Å²) in [5, 5.41) is 7.61. The number of ether oxygens (including phenoxy) is 3. The third-order valence-electron chi connectivity index (χ3n) is 8.25. The molecule has 5 amide bonds. The van der Waals surface area contributed by atoms with E-state index in [0.717, 1.165) is 27.8 Å². The van der Waals surface area contributed by atoms with Gasteiger partial charge in [-0.25, -0.2) is 29.3 Å². The van der Waals surface area contributed by atoms with Crippen LogP contribution in [-0.2, 0) is 53.1 Å². The van der Waals surface area contributed by atoms with Gasteiger partial charge < -0.3 is 39.2 Å². The van der Waals surface area contributed by atoms with Gasteiger partial charge in [0.15, 0.2) is 17.0 Å². The highest BCUT2D eigenvalue weighted by molar-refractivity contribution is 5.94. The van der Waals surface area contributed by atoms with Gasteiger partial charge in [-0.2, -0.15) is 0 Å². The summed E-state index contributed by atoms with van der Waals surface area (Å²) in [5.74, 6) is -0.181. The van der Waals surface area contributed by atoms with Crippen LogP contribution in [0.3, 0.4) is 0 Å². The molecule has 0 aliphatic rings. The molecule has 60 heavy (non-hydrogen) atoms. The van der Waals surface area contributed by atoms with Crippen molar-refractivity contribution in [3.05, 3.63) is 80.6 Å². The minimum atomic E-state index is -0.834. The molecule has 0 spiro atoms. The molecule has 0 saturated heterocycles. The quantitative estimate of drug-likeness (QED) is 0.0614. The Bertz CT molecular complexity index is 2370. The zero-order valence-electron chi connectivity index (χ0n) is 33.6. The second kappa shape index (κ2) is 20.7. The molecule has 0 radical (unpaired) electrons. The first-order valence-electron chi connectivity index (χ1n) is 18.3. The number of methoxy groups -OCH3 is 1. The van der Waals surface area contributed by atoms with Crippen molar-refractivity contribution in [1.29, 1.82) is 0 Å². The van der Waals surface area contributed by atoms with Gasteiger partial charge >= 0.3 is 23.8 Å². The molecule has 22 heteroatoms. The number of esters is 1. The molecule has 0 bridgehead atoms. The Balaban J connectivity index is 1.38. The second-order valence-corrected chi connectivity index (χ2v) is 14.0. The van der Waals surface area contributed by atoms with Crippen molar-refractivity contribution in [2.45, 2.75) is 53.0 Å². The number of nitrogens with one attached hydrogen (secondary N) is 4. The fourth-order valence-corrected chi connectivity index (χ4v) is 5.26. The average Bonchev–Trinajstić information content (AvgIpc) is 3.60. The molecule has 0 aliphatic heterocycles. The summed E-state index contributed by atoms with van der Waals surface area (Å²) in [5.41, 5.74) is -0.361. The molecule has 22 nitrogen and oxygen atoms in total. The monoisotopic (exact) mass is 831 g/mol. The third-order valence-corrected chi connectivity index (χ3v) is 8.25. The summed E-state index contributed by atoms with van der Waals surface area (Å²) >= 11 is 0. The van der Waals surface area contributed by atoms with E-state index in [1.807, 2.05) is 0 Å². The normalized spacial score (nSPS) is 10.9. The smallest absolute Gasteiger partial charge is 0.413 e. The van der Waals surface area contributed by atoms with Crippen LogP contribution < -0.4 is 27.2 Å². The van der Waals surface area contributed by atoms with Crippen molar-refractivity contribution >= 4 is 52.9 Å². The molecule has 0 unspecified atom stereocenters. The summed E-state index contributed by atoms with van der Waals surface area (Å²) in [7, 11) is 1.15. The van der Waals surface area contributed by atoms with Gasteiger partial charge in [0.05, 0.1) is 20.0 Å². The lowest BCUT2D eigenvalue weighted by molar-refractivity contribution is -0.147. The van der Waals surface area contributed by atoms with Crippen LogP contribution in [0.1, 0.15) is 37.5 Å². The van der Waals surface area contributed by atoms with Gasteiger partial charge in [-0.15, -0.1) is 6.42 Å². The molecular formula is C38H45N11O11. The number of hydrogen-bond donors (Lipinski definition) is 4. The first kappa shape index (κ1) is 45.1. The molecule has 0 fully saturated rings. The molecule has 3 aromatic heterocycles. The van der Waals surface area contributed by atoms with E-state index in [0.29, 0.717) is 11.1 Å². The molecular weight excluding hydrogens is 786 g/mol. The Hall–Kier alpha value is -7.57. The van der Waals surface area contributed by atoms with E-state index in [-0.39, 0.29) is 61.9 Å². The number of alkyl carbamates (subject to hydrolysis) is 1. The van der Waals surface area contributed by atoms with E-state index in [1.54, 1.807) is 45.0 Å². The summed E-state index contributed by atoms with van der Waals surface area (Å²) in [6.45, 7) is 3.89. The Kier molecular flexibility index (Phi) is 15.6. The summed E-state index contributed by atoms with van der Waals surface area (Å²) < 4.78 is 17.6. The third kappa shape index (κ3) is 13.5. The van der Waals surface area contributed by atoms with Gasteiger partial charge in [0.2, 0.25) is 17.7 Å². The first-order valence-corrected chi connectivity index (χ1v) is 18.3. The Morgan fingerprint density at radius 3 is 2.18 bits per heavy atom. The average molecular weight is 832 g/mol. The van der Waals surface area contributed by atoms with Gasteiger partial charge in [-0.05, 0) is 45.4 Å². The van der Waals surface area contributed by atoms with Gasteiger partial charge in [0, 0.05) is 43.5 Å². The van der Waals surface area contributed by atoms with E-state index < -0.39 is 72.4 Å². The molecule has 0 saturated carbocycles. The van der Waals surface area contributed by atoms with Crippen molar-refractivity contribution in [1.82, 2.24) is 49.5 Å². The number of aromatic amines is 1. The summed E-state index contributed by atoms with van der Waals surface area (Å²) in [4.78, 5) is 118. The second-order valence-electron chi connectivity index (χ2n) is 14.0. The van der Waals surface area contributed by atoms with Crippen molar-refractivity contribution in [2.24, 2.45) is 0 Å². The van der Waals surface area contributed by atoms with E-state index in [4.69, 9.17) is 20.6 Å². The number of rotatable bonds is 17. The molecule has 318 valence electrons. The fourth-order valence-electron chi connectivity index (χ4n) is 5.26. The van der Waals surface area contributed by atoms with Crippen LogP contribution in [-0.4, -0.2) is 127 Å². The highest BCUT2D eigenvalue weighted by atomic mass is 16.6. The van der Waals surface area contributed by atoms with Crippen molar-refractivity contribution < 1.29 is 43.0 Å². The highest BCUT2D eigenvalue weighted by Crippen LogP contribution is 2.18. The maximum Gasteiger partial charge on any atom is 0.413 e. The van der Waals surface area contributed by atoms with E-state index >= 15 is 0 Å². The number of anilines is 1. The Morgan fingerprint density at radius 1 is 0.883 bits per heavy atom. The van der Waals surface area contributed by atoms with Crippen LogP contribution in [0.4, 0.5) is 15.4 Å². The molecule has 0 aliphatic carbocycles.